The van der Waals surface area contributed by atoms with Crippen molar-refractivity contribution in [1.82, 2.24) is 19.5 Å². The number of nitrogens with one attached hydrogen (secondary N) is 1. The number of rotatable bonds is 3. The van der Waals surface area contributed by atoms with Crippen molar-refractivity contribution in [2.75, 3.05) is 33.2 Å². The number of sulfonamides is 1. The third-order valence-corrected chi connectivity index (χ3v) is 8.38. The molecule has 0 saturated carbocycles. The second-order valence-electron chi connectivity index (χ2n) is 9.75. The molecular formula is C27H32N4O4S. The number of likely N-dealkylation sites (tertiary alicyclic amines) is 1. The van der Waals surface area contributed by atoms with Crippen molar-refractivity contribution in [3.63, 3.8) is 0 Å². The van der Waals surface area contributed by atoms with Crippen LogP contribution in [0.15, 0.2) is 71.9 Å². The highest BCUT2D eigenvalue weighted by atomic mass is 32.2. The van der Waals surface area contributed by atoms with E-state index in [2.05, 4.69) is 50.7 Å². The van der Waals surface area contributed by atoms with Gasteiger partial charge in [0.2, 0.25) is 10.0 Å². The van der Waals surface area contributed by atoms with Crippen LogP contribution < -0.4 is 9.46 Å². The third kappa shape index (κ3) is 5.45. The smallest absolute Gasteiger partial charge is 0.244 e. The maximum atomic E-state index is 13.2. The summed E-state index contributed by atoms with van der Waals surface area (Å²) in [4.78, 5) is 8.66. The number of benzene rings is 2. The van der Waals surface area contributed by atoms with Gasteiger partial charge in [-0.25, -0.2) is 13.1 Å². The maximum absolute atomic E-state index is 13.2. The zero-order valence-corrected chi connectivity index (χ0v) is 21.4. The van der Waals surface area contributed by atoms with Crippen LogP contribution in [-0.4, -0.2) is 79.8 Å². The van der Waals surface area contributed by atoms with E-state index in [1.165, 1.54) is 11.1 Å². The zero-order chi connectivity index (χ0) is 25.3. The summed E-state index contributed by atoms with van der Waals surface area (Å²) in [5.74, 6) is 0.306. The Morgan fingerprint density at radius 3 is 2.64 bits per heavy atom. The Morgan fingerprint density at radius 2 is 1.89 bits per heavy atom. The Bertz CT molecular complexity index is 1300. The van der Waals surface area contributed by atoms with Crippen LogP contribution >= 0.6 is 0 Å². The van der Waals surface area contributed by atoms with E-state index in [0.717, 1.165) is 24.2 Å². The Hall–Kier alpha value is -2.82. The Morgan fingerprint density at radius 1 is 1.08 bits per heavy atom. The van der Waals surface area contributed by atoms with E-state index in [0.29, 0.717) is 18.8 Å². The fourth-order valence-electron chi connectivity index (χ4n) is 4.97. The molecule has 36 heavy (non-hydrogen) atoms. The first kappa shape index (κ1) is 24.9. The first-order valence-corrected chi connectivity index (χ1v) is 13.6. The second kappa shape index (κ2) is 10.3. The SMILES string of the molecule is Cc1ccc(CN2C[C@@H]3Oc4cc(-c5cccnc5)ccc4S(=O)(=O)NC[C@H](O)CN(C)[C@@H]3C2)cc1. The standard InChI is InChI=1S/C27H32N4O4S/c1-19-5-7-20(8-6-19)15-31-17-24-26(18-31)35-25-12-21(22-4-3-11-28-13-22)9-10-27(25)36(33,34)29-14-23(32)16-30(24)2/h3-13,23-24,26,29,32H,14-18H2,1-2H3/t23-,24+,26-/m0/s1. The van der Waals surface area contributed by atoms with Crippen LogP contribution in [0, 0.1) is 6.92 Å². The minimum Gasteiger partial charge on any atom is -0.486 e. The van der Waals surface area contributed by atoms with Crippen LogP contribution in [0.25, 0.3) is 11.1 Å². The van der Waals surface area contributed by atoms with Crippen molar-refractivity contribution >= 4 is 10.0 Å². The first-order valence-electron chi connectivity index (χ1n) is 12.2. The van der Waals surface area contributed by atoms with Gasteiger partial charge in [0, 0.05) is 50.7 Å². The Balaban J connectivity index is 1.50. The van der Waals surface area contributed by atoms with Crippen molar-refractivity contribution in [1.29, 1.82) is 0 Å². The molecule has 0 radical (unpaired) electrons. The predicted octanol–water partition coefficient (Wildman–Crippen LogP) is 2.27. The minimum absolute atomic E-state index is 0.0131. The molecule has 1 saturated heterocycles. The lowest BCUT2D eigenvalue weighted by Gasteiger charge is -2.30. The monoisotopic (exact) mass is 508 g/mol. The molecule has 0 aliphatic carbocycles. The van der Waals surface area contributed by atoms with E-state index < -0.39 is 16.1 Å². The summed E-state index contributed by atoms with van der Waals surface area (Å²) < 4.78 is 35.5. The van der Waals surface area contributed by atoms with E-state index in [1.54, 1.807) is 30.6 Å². The summed E-state index contributed by atoms with van der Waals surface area (Å²) in [6.07, 6.45) is 2.33. The Kier molecular flexibility index (Phi) is 7.09. The predicted molar refractivity (Wildman–Crippen MR) is 138 cm³/mol. The van der Waals surface area contributed by atoms with E-state index in [1.807, 2.05) is 19.2 Å². The maximum Gasteiger partial charge on any atom is 0.244 e. The molecule has 9 heteroatoms. The van der Waals surface area contributed by atoms with Crippen LogP contribution in [0.5, 0.6) is 5.75 Å². The van der Waals surface area contributed by atoms with Crippen molar-refractivity contribution in [3.8, 4) is 16.9 Å². The van der Waals surface area contributed by atoms with Crippen molar-refractivity contribution < 1.29 is 18.3 Å². The molecule has 3 atom stereocenters. The topological polar surface area (TPSA) is 95.0 Å². The molecule has 0 bridgehead atoms. The molecule has 2 aliphatic rings. The van der Waals surface area contributed by atoms with E-state index in [4.69, 9.17) is 4.74 Å². The van der Waals surface area contributed by atoms with Crippen molar-refractivity contribution in [2.24, 2.45) is 0 Å². The fourth-order valence-corrected chi connectivity index (χ4v) is 6.15. The summed E-state index contributed by atoms with van der Waals surface area (Å²) in [6.45, 7) is 4.51. The number of aliphatic hydroxyl groups is 1. The number of hydrogen-bond acceptors (Lipinski definition) is 7. The lowest BCUT2D eigenvalue weighted by atomic mass is 10.1. The van der Waals surface area contributed by atoms with Crippen molar-refractivity contribution in [2.45, 2.75) is 36.6 Å². The largest absolute Gasteiger partial charge is 0.486 e. The van der Waals surface area contributed by atoms with Crippen LogP contribution in [0.1, 0.15) is 11.1 Å². The molecule has 0 spiro atoms. The molecule has 2 N–H and O–H groups in total. The molecule has 3 aromatic rings. The number of aromatic nitrogens is 1. The highest BCUT2D eigenvalue weighted by Gasteiger charge is 2.39. The average molecular weight is 509 g/mol. The Labute approximate surface area is 212 Å². The highest BCUT2D eigenvalue weighted by Crippen LogP contribution is 2.33. The van der Waals surface area contributed by atoms with E-state index in [9.17, 15) is 13.5 Å². The molecule has 3 heterocycles. The minimum atomic E-state index is -3.88. The van der Waals surface area contributed by atoms with Gasteiger partial charge in [-0.2, -0.15) is 0 Å². The molecule has 5 rings (SSSR count). The number of likely N-dealkylation sites (N-methyl/N-ethyl adjacent to an activating group) is 1. The van der Waals surface area contributed by atoms with Gasteiger partial charge in [0.05, 0.1) is 12.1 Å². The normalized spacial score (nSPS) is 24.8. The van der Waals surface area contributed by atoms with E-state index in [-0.39, 0.29) is 23.6 Å². The summed E-state index contributed by atoms with van der Waals surface area (Å²) in [5.41, 5.74) is 4.14. The van der Waals surface area contributed by atoms with Gasteiger partial charge in [-0.05, 0) is 43.3 Å². The quantitative estimate of drug-likeness (QED) is 0.561. The molecule has 2 aliphatic heterocycles. The molecule has 8 nitrogen and oxygen atoms in total. The number of β-amino-alcohol motifs (C(OH)–C–C–N with tert-alkyl or cyclic N) is 1. The van der Waals surface area contributed by atoms with Gasteiger partial charge in [0.1, 0.15) is 16.7 Å². The number of ether oxygens (including phenoxy) is 1. The summed E-state index contributed by atoms with van der Waals surface area (Å²) in [7, 11) is -1.93. The van der Waals surface area contributed by atoms with E-state index >= 15 is 0 Å². The second-order valence-corrected chi connectivity index (χ2v) is 11.5. The zero-order valence-electron chi connectivity index (χ0n) is 20.5. The number of nitrogens with zero attached hydrogens (tertiary/aromatic N) is 3. The van der Waals surface area contributed by atoms with Gasteiger partial charge in [0.25, 0.3) is 0 Å². The molecular weight excluding hydrogens is 476 g/mol. The lowest BCUT2D eigenvalue weighted by Crippen LogP contribution is -2.47. The fraction of sp³-hybridized carbons (Fsp3) is 0.370. The molecule has 190 valence electrons. The number of fused-ring (bicyclic) bond motifs is 2. The number of aryl methyl sites for hydroxylation is 1. The third-order valence-electron chi connectivity index (χ3n) is 6.92. The number of pyridine rings is 1. The molecule has 2 aromatic carbocycles. The lowest BCUT2D eigenvalue weighted by molar-refractivity contribution is 0.0713. The molecule has 1 aromatic heterocycles. The van der Waals surface area contributed by atoms with Crippen LogP contribution in [0.2, 0.25) is 0 Å². The van der Waals surface area contributed by atoms with Crippen molar-refractivity contribution in [3.05, 3.63) is 78.1 Å². The molecule has 1 fully saturated rings. The van der Waals surface area contributed by atoms with Crippen LogP contribution in [0.4, 0.5) is 0 Å². The molecule has 0 unspecified atom stereocenters. The average Bonchev–Trinajstić information content (AvgIpc) is 3.26. The van der Waals surface area contributed by atoms with Gasteiger partial charge in [-0.15, -0.1) is 0 Å². The van der Waals surface area contributed by atoms with Gasteiger partial charge >= 0.3 is 0 Å². The first-order chi connectivity index (χ1) is 17.3. The number of aliphatic hydroxyl groups excluding tert-OH is 1. The summed E-state index contributed by atoms with van der Waals surface area (Å²) >= 11 is 0. The van der Waals surface area contributed by atoms with Crippen LogP contribution in [0.3, 0.4) is 0 Å². The molecule has 0 amide bonds. The summed E-state index contributed by atoms with van der Waals surface area (Å²) in [6, 6.07) is 17.4. The van der Waals surface area contributed by atoms with Crippen LogP contribution in [-0.2, 0) is 16.6 Å². The summed E-state index contributed by atoms with van der Waals surface area (Å²) in [5, 5.41) is 10.6. The van der Waals surface area contributed by atoms with Gasteiger partial charge in [-0.3, -0.25) is 14.8 Å². The van der Waals surface area contributed by atoms with Gasteiger partial charge in [0.15, 0.2) is 0 Å². The highest BCUT2D eigenvalue weighted by molar-refractivity contribution is 7.89. The van der Waals surface area contributed by atoms with Gasteiger partial charge < -0.3 is 9.84 Å². The number of hydrogen-bond donors (Lipinski definition) is 2. The van der Waals surface area contributed by atoms with Gasteiger partial charge in [-0.1, -0.05) is 42.0 Å².